The lowest BCUT2D eigenvalue weighted by molar-refractivity contribution is 0.407. The van der Waals surface area contributed by atoms with Crippen LogP contribution in [0, 0.1) is 11.3 Å². The van der Waals surface area contributed by atoms with Crippen LogP contribution in [0.2, 0.25) is 0 Å². The molecule has 2 rings (SSSR count). The zero-order valence-corrected chi connectivity index (χ0v) is 10.9. The summed E-state index contributed by atoms with van der Waals surface area (Å²) in [5, 5.41) is 16.4. The Morgan fingerprint density at radius 1 is 1.39 bits per heavy atom. The predicted octanol–water partition coefficient (Wildman–Crippen LogP) is 3.11. The molecule has 92 valence electrons. The van der Waals surface area contributed by atoms with Crippen LogP contribution in [0.4, 0.5) is 0 Å². The van der Waals surface area contributed by atoms with Gasteiger partial charge in [-0.3, -0.25) is 5.32 Å². The number of thiophene rings is 1. The molecule has 0 aliphatic carbocycles. The van der Waals surface area contributed by atoms with E-state index in [0.29, 0.717) is 6.54 Å². The summed E-state index contributed by atoms with van der Waals surface area (Å²) in [5.74, 6) is 0.840. The van der Waals surface area contributed by atoms with E-state index in [1.807, 2.05) is 41.1 Å². The van der Waals surface area contributed by atoms with Gasteiger partial charge in [-0.1, -0.05) is 18.2 Å². The van der Waals surface area contributed by atoms with Gasteiger partial charge in [0.25, 0.3) is 0 Å². The highest BCUT2D eigenvalue weighted by molar-refractivity contribution is 7.08. The highest BCUT2D eigenvalue weighted by Gasteiger charge is 2.11. The number of hydrogen-bond acceptors (Lipinski definition) is 4. The van der Waals surface area contributed by atoms with Crippen LogP contribution in [-0.2, 0) is 6.54 Å². The van der Waals surface area contributed by atoms with Crippen LogP contribution in [0.15, 0.2) is 41.1 Å². The van der Waals surface area contributed by atoms with E-state index in [2.05, 4.69) is 11.4 Å². The average Bonchev–Trinajstić information content (AvgIpc) is 2.94. The van der Waals surface area contributed by atoms with E-state index in [0.717, 1.165) is 16.9 Å². The fourth-order valence-electron chi connectivity index (χ4n) is 1.74. The van der Waals surface area contributed by atoms with Crippen LogP contribution < -0.4 is 10.1 Å². The zero-order chi connectivity index (χ0) is 12.8. The molecule has 4 heteroatoms. The smallest absolute Gasteiger partial charge is 0.123 e. The molecular weight excluding hydrogens is 244 g/mol. The number of nitrogens with zero attached hydrogens (tertiary/aromatic N) is 1. The first-order valence-corrected chi connectivity index (χ1v) is 6.56. The molecule has 0 amide bonds. The Morgan fingerprint density at radius 3 is 2.89 bits per heavy atom. The van der Waals surface area contributed by atoms with Gasteiger partial charge in [0.1, 0.15) is 11.8 Å². The van der Waals surface area contributed by atoms with E-state index < -0.39 is 0 Å². The molecule has 0 saturated heterocycles. The van der Waals surface area contributed by atoms with E-state index in [9.17, 15) is 0 Å². The highest BCUT2D eigenvalue weighted by atomic mass is 32.1. The molecule has 1 unspecified atom stereocenters. The molecule has 18 heavy (non-hydrogen) atoms. The maximum absolute atomic E-state index is 9.16. The maximum Gasteiger partial charge on any atom is 0.123 e. The lowest BCUT2D eigenvalue weighted by atomic mass is 10.1. The van der Waals surface area contributed by atoms with Gasteiger partial charge in [0.15, 0.2) is 0 Å². The Kier molecular flexibility index (Phi) is 4.35. The summed E-state index contributed by atoms with van der Waals surface area (Å²) in [7, 11) is 1.65. The minimum Gasteiger partial charge on any atom is -0.496 e. The molecule has 0 radical (unpaired) electrons. The van der Waals surface area contributed by atoms with Crippen molar-refractivity contribution in [2.75, 3.05) is 7.11 Å². The van der Waals surface area contributed by atoms with Gasteiger partial charge >= 0.3 is 0 Å². The van der Waals surface area contributed by atoms with Crippen molar-refractivity contribution in [3.63, 3.8) is 0 Å². The summed E-state index contributed by atoms with van der Waals surface area (Å²) in [4.78, 5) is 0. The van der Waals surface area contributed by atoms with Gasteiger partial charge in [0.2, 0.25) is 0 Å². The Morgan fingerprint density at radius 2 is 2.22 bits per heavy atom. The van der Waals surface area contributed by atoms with Crippen LogP contribution in [0.3, 0.4) is 0 Å². The van der Waals surface area contributed by atoms with Gasteiger partial charge in [0.05, 0.1) is 13.2 Å². The monoisotopic (exact) mass is 258 g/mol. The molecule has 1 aromatic heterocycles. The largest absolute Gasteiger partial charge is 0.496 e. The quantitative estimate of drug-likeness (QED) is 0.896. The predicted molar refractivity (Wildman–Crippen MR) is 72.5 cm³/mol. The fraction of sp³-hybridized carbons (Fsp3) is 0.214. The number of methoxy groups -OCH3 is 1. The summed E-state index contributed by atoms with van der Waals surface area (Å²) < 4.78 is 5.28. The normalized spacial score (nSPS) is 11.8. The van der Waals surface area contributed by atoms with E-state index in [-0.39, 0.29) is 6.04 Å². The number of nitriles is 1. The third-order valence-corrected chi connectivity index (χ3v) is 3.40. The topological polar surface area (TPSA) is 45.0 Å². The van der Waals surface area contributed by atoms with Crippen molar-refractivity contribution in [1.29, 1.82) is 5.26 Å². The van der Waals surface area contributed by atoms with Crippen LogP contribution in [0.25, 0.3) is 0 Å². The van der Waals surface area contributed by atoms with Gasteiger partial charge in [-0.15, -0.1) is 0 Å². The van der Waals surface area contributed by atoms with Crippen molar-refractivity contribution < 1.29 is 4.74 Å². The molecule has 0 bridgehead atoms. The standard InChI is InChI=1S/C14H14N2OS/c1-17-14-5-3-2-4-11(14)9-16-13(8-15)12-6-7-18-10-12/h2-7,10,13,16H,9H2,1H3. The molecule has 1 atom stereocenters. The number of rotatable bonds is 5. The first-order valence-electron chi connectivity index (χ1n) is 5.62. The van der Waals surface area contributed by atoms with Gasteiger partial charge in [0, 0.05) is 12.1 Å². The van der Waals surface area contributed by atoms with Crippen molar-refractivity contribution in [1.82, 2.24) is 5.32 Å². The summed E-state index contributed by atoms with van der Waals surface area (Å²) >= 11 is 1.60. The van der Waals surface area contributed by atoms with Crippen molar-refractivity contribution in [2.24, 2.45) is 0 Å². The van der Waals surface area contributed by atoms with Crippen LogP contribution in [-0.4, -0.2) is 7.11 Å². The van der Waals surface area contributed by atoms with Crippen LogP contribution >= 0.6 is 11.3 Å². The van der Waals surface area contributed by atoms with Crippen molar-refractivity contribution in [3.8, 4) is 11.8 Å². The van der Waals surface area contributed by atoms with E-state index in [1.54, 1.807) is 18.4 Å². The lowest BCUT2D eigenvalue weighted by Crippen LogP contribution is -2.19. The first-order chi connectivity index (χ1) is 8.85. The van der Waals surface area contributed by atoms with Gasteiger partial charge in [-0.05, 0) is 28.5 Å². The minimum atomic E-state index is -0.277. The number of para-hydroxylation sites is 1. The Bertz CT molecular complexity index is 531. The summed E-state index contributed by atoms with van der Waals surface area (Å²) in [5.41, 5.74) is 2.06. The summed E-state index contributed by atoms with van der Waals surface area (Å²) in [6.45, 7) is 0.609. The molecule has 0 spiro atoms. The molecular formula is C14H14N2OS. The second kappa shape index (κ2) is 6.20. The molecule has 0 fully saturated rings. The lowest BCUT2D eigenvalue weighted by Gasteiger charge is -2.12. The molecule has 3 nitrogen and oxygen atoms in total. The van der Waals surface area contributed by atoms with Crippen molar-refractivity contribution >= 4 is 11.3 Å². The second-order valence-electron chi connectivity index (χ2n) is 3.81. The fourth-order valence-corrected chi connectivity index (χ4v) is 2.42. The first kappa shape index (κ1) is 12.6. The number of benzene rings is 1. The summed E-state index contributed by atoms with van der Waals surface area (Å²) in [6.07, 6.45) is 0. The van der Waals surface area contributed by atoms with Crippen LogP contribution in [0.5, 0.6) is 5.75 Å². The Labute approximate surface area is 111 Å². The molecule has 1 N–H and O–H groups in total. The average molecular weight is 258 g/mol. The minimum absolute atomic E-state index is 0.277. The van der Waals surface area contributed by atoms with E-state index in [4.69, 9.17) is 10.00 Å². The Balaban J connectivity index is 2.05. The number of ether oxygens (including phenoxy) is 1. The zero-order valence-electron chi connectivity index (χ0n) is 10.1. The highest BCUT2D eigenvalue weighted by Crippen LogP contribution is 2.20. The SMILES string of the molecule is COc1ccccc1CNC(C#N)c1ccsc1. The summed E-state index contributed by atoms with van der Waals surface area (Å²) in [6, 6.07) is 11.8. The molecule has 0 aliphatic rings. The van der Waals surface area contributed by atoms with Crippen molar-refractivity contribution in [2.45, 2.75) is 12.6 Å². The van der Waals surface area contributed by atoms with Gasteiger partial charge in [-0.25, -0.2) is 0 Å². The third-order valence-electron chi connectivity index (χ3n) is 2.69. The number of hydrogen-bond donors (Lipinski definition) is 1. The van der Waals surface area contributed by atoms with Crippen LogP contribution in [0.1, 0.15) is 17.2 Å². The van der Waals surface area contributed by atoms with E-state index >= 15 is 0 Å². The molecule has 1 heterocycles. The Hall–Kier alpha value is -1.83. The molecule has 0 aliphatic heterocycles. The second-order valence-corrected chi connectivity index (χ2v) is 4.59. The van der Waals surface area contributed by atoms with E-state index in [1.165, 1.54) is 0 Å². The molecule has 2 aromatic rings. The van der Waals surface area contributed by atoms with Gasteiger partial charge in [-0.2, -0.15) is 16.6 Å². The number of nitrogens with one attached hydrogen (secondary N) is 1. The molecule has 0 saturated carbocycles. The third kappa shape index (κ3) is 2.89. The maximum atomic E-state index is 9.16. The molecule has 1 aromatic carbocycles. The van der Waals surface area contributed by atoms with Gasteiger partial charge < -0.3 is 4.74 Å². The van der Waals surface area contributed by atoms with Crippen molar-refractivity contribution in [3.05, 3.63) is 52.2 Å².